The molecule has 2 heterocycles. The number of anilines is 1. The van der Waals surface area contributed by atoms with Crippen LogP contribution in [0.4, 0.5) is 5.69 Å². The Bertz CT molecular complexity index is 1030. The third kappa shape index (κ3) is 5.27. The molecule has 0 saturated carbocycles. The lowest BCUT2D eigenvalue weighted by atomic mass is 10.1. The zero-order valence-electron chi connectivity index (χ0n) is 17.2. The lowest BCUT2D eigenvalue weighted by molar-refractivity contribution is -0.116. The van der Waals surface area contributed by atoms with Crippen molar-refractivity contribution in [3.8, 4) is 17.3 Å². The van der Waals surface area contributed by atoms with Gasteiger partial charge in [-0.1, -0.05) is 23.9 Å². The Hall–Kier alpha value is -3.13. The highest BCUT2D eigenvalue weighted by molar-refractivity contribution is 7.99. The number of methoxy groups -OCH3 is 1. The van der Waals surface area contributed by atoms with Gasteiger partial charge in [-0.15, -0.1) is 0 Å². The van der Waals surface area contributed by atoms with Crippen LogP contribution in [-0.4, -0.2) is 39.1 Å². The molecular weight excluding hydrogens is 400 g/mol. The molecule has 7 nitrogen and oxygen atoms in total. The van der Waals surface area contributed by atoms with Crippen molar-refractivity contribution in [3.63, 3.8) is 0 Å². The zero-order chi connectivity index (χ0) is 21.5. The molecule has 0 aliphatic heterocycles. The number of rotatable bonds is 9. The predicted molar refractivity (Wildman–Crippen MR) is 118 cm³/mol. The third-order valence-corrected chi connectivity index (χ3v) is 5.40. The van der Waals surface area contributed by atoms with Crippen LogP contribution >= 0.6 is 11.8 Å². The first kappa shape index (κ1) is 21.6. The highest BCUT2D eigenvalue weighted by atomic mass is 32.2. The van der Waals surface area contributed by atoms with Gasteiger partial charge in [-0.05, 0) is 43.7 Å². The molecule has 0 atom stereocenters. The van der Waals surface area contributed by atoms with Crippen molar-refractivity contribution in [3.05, 3.63) is 54.4 Å². The van der Waals surface area contributed by atoms with Gasteiger partial charge in [0.15, 0.2) is 5.82 Å². The minimum atomic E-state index is -0.165. The van der Waals surface area contributed by atoms with Crippen LogP contribution in [0.5, 0.6) is 5.75 Å². The standard InChI is InChI=1S/C22H24N4O3S/c1-4-26-21(13-24-22(26)17-7-5-6-10-23-17)30-14-20(28)25-18-12-16(11-15(2)27)8-9-19(18)29-3/h5-10,12-13H,4,11,14H2,1-3H3,(H,25,28). The number of pyridine rings is 1. The van der Waals surface area contributed by atoms with Crippen molar-refractivity contribution >= 4 is 29.1 Å². The quantitative estimate of drug-likeness (QED) is 0.525. The third-order valence-electron chi connectivity index (χ3n) is 4.37. The Kier molecular flexibility index (Phi) is 7.24. The molecule has 0 aliphatic carbocycles. The summed E-state index contributed by atoms with van der Waals surface area (Å²) in [5.41, 5.74) is 2.18. The molecule has 0 aliphatic rings. The summed E-state index contributed by atoms with van der Waals surface area (Å²) in [6.07, 6.45) is 3.81. The van der Waals surface area contributed by atoms with Crippen molar-refractivity contribution in [2.75, 3.05) is 18.2 Å². The summed E-state index contributed by atoms with van der Waals surface area (Å²) in [6.45, 7) is 4.29. The van der Waals surface area contributed by atoms with Crippen molar-refractivity contribution in [1.82, 2.24) is 14.5 Å². The minimum absolute atomic E-state index is 0.0598. The van der Waals surface area contributed by atoms with Crippen molar-refractivity contribution in [2.24, 2.45) is 0 Å². The highest BCUT2D eigenvalue weighted by Crippen LogP contribution is 2.28. The average Bonchev–Trinajstić information content (AvgIpc) is 3.15. The summed E-state index contributed by atoms with van der Waals surface area (Å²) < 4.78 is 7.37. The maximum Gasteiger partial charge on any atom is 0.234 e. The van der Waals surface area contributed by atoms with Crippen LogP contribution < -0.4 is 10.1 Å². The number of amides is 1. The van der Waals surface area contributed by atoms with Gasteiger partial charge < -0.3 is 14.6 Å². The van der Waals surface area contributed by atoms with E-state index in [9.17, 15) is 9.59 Å². The first-order chi connectivity index (χ1) is 14.5. The molecule has 1 N–H and O–H groups in total. The van der Waals surface area contributed by atoms with Crippen molar-refractivity contribution in [1.29, 1.82) is 0 Å². The molecule has 3 aromatic rings. The Morgan fingerprint density at radius 1 is 1.20 bits per heavy atom. The second kappa shape index (κ2) is 10.1. The first-order valence-corrected chi connectivity index (χ1v) is 10.6. The number of hydrogen-bond acceptors (Lipinski definition) is 6. The lowest BCUT2D eigenvalue weighted by Gasteiger charge is -2.12. The molecule has 0 radical (unpaired) electrons. The minimum Gasteiger partial charge on any atom is -0.495 e. The number of nitrogens with one attached hydrogen (secondary N) is 1. The summed E-state index contributed by atoms with van der Waals surface area (Å²) in [5.74, 6) is 1.44. The number of benzene rings is 1. The topological polar surface area (TPSA) is 86.1 Å². The molecule has 3 rings (SSSR count). The Morgan fingerprint density at radius 2 is 2.03 bits per heavy atom. The number of Topliss-reactive ketones (excluding diaryl/α,β-unsaturated/α-hetero) is 1. The Labute approximate surface area is 179 Å². The van der Waals surface area contributed by atoms with Crippen LogP contribution in [0.2, 0.25) is 0 Å². The van der Waals surface area contributed by atoms with E-state index in [1.807, 2.05) is 35.8 Å². The highest BCUT2D eigenvalue weighted by Gasteiger charge is 2.15. The van der Waals surface area contributed by atoms with E-state index < -0.39 is 0 Å². The smallest absolute Gasteiger partial charge is 0.234 e. The van der Waals surface area contributed by atoms with Crippen LogP contribution in [-0.2, 0) is 22.6 Å². The number of carbonyl (C=O) groups excluding carboxylic acids is 2. The van der Waals surface area contributed by atoms with Crippen LogP contribution in [0, 0.1) is 0 Å². The zero-order valence-corrected chi connectivity index (χ0v) is 18.0. The van der Waals surface area contributed by atoms with Gasteiger partial charge in [-0.25, -0.2) is 4.98 Å². The number of thioether (sulfide) groups is 1. The van der Waals surface area contributed by atoms with E-state index in [4.69, 9.17) is 4.74 Å². The van der Waals surface area contributed by atoms with E-state index in [2.05, 4.69) is 15.3 Å². The van der Waals surface area contributed by atoms with E-state index in [1.54, 1.807) is 31.6 Å². The fraction of sp³-hybridized carbons (Fsp3) is 0.273. The Morgan fingerprint density at radius 3 is 2.70 bits per heavy atom. The van der Waals surface area contributed by atoms with Crippen LogP contribution in [0.25, 0.3) is 11.5 Å². The van der Waals surface area contributed by atoms with E-state index in [0.29, 0.717) is 17.9 Å². The van der Waals surface area contributed by atoms with E-state index >= 15 is 0 Å². The van der Waals surface area contributed by atoms with E-state index in [1.165, 1.54) is 18.7 Å². The normalized spacial score (nSPS) is 10.6. The molecule has 0 unspecified atom stereocenters. The largest absolute Gasteiger partial charge is 0.495 e. The number of hydrogen-bond donors (Lipinski definition) is 1. The number of aromatic nitrogens is 3. The first-order valence-electron chi connectivity index (χ1n) is 9.57. The number of ether oxygens (including phenoxy) is 1. The van der Waals surface area contributed by atoms with Gasteiger partial charge in [0.05, 0.1) is 29.8 Å². The van der Waals surface area contributed by atoms with E-state index in [-0.39, 0.29) is 17.4 Å². The van der Waals surface area contributed by atoms with Gasteiger partial charge in [0.2, 0.25) is 5.91 Å². The summed E-state index contributed by atoms with van der Waals surface area (Å²) >= 11 is 1.41. The number of ketones is 1. The lowest BCUT2D eigenvalue weighted by Crippen LogP contribution is -2.15. The fourth-order valence-electron chi connectivity index (χ4n) is 3.06. The van der Waals surface area contributed by atoms with Gasteiger partial charge in [-0.3, -0.25) is 14.6 Å². The monoisotopic (exact) mass is 424 g/mol. The van der Waals surface area contributed by atoms with Crippen LogP contribution in [0.15, 0.2) is 53.8 Å². The van der Waals surface area contributed by atoms with Gasteiger partial charge >= 0.3 is 0 Å². The fourth-order valence-corrected chi connectivity index (χ4v) is 3.91. The molecule has 0 bridgehead atoms. The van der Waals surface area contributed by atoms with Crippen LogP contribution in [0.1, 0.15) is 19.4 Å². The molecule has 0 fully saturated rings. The second-order valence-electron chi connectivity index (χ2n) is 6.63. The molecule has 1 aromatic carbocycles. The summed E-state index contributed by atoms with van der Waals surface area (Å²) in [5, 5.41) is 3.78. The average molecular weight is 425 g/mol. The molecule has 8 heteroatoms. The summed E-state index contributed by atoms with van der Waals surface area (Å²) in [7, 11) is 1.54. The van der Waals surface area contributed by atoms with Gasteiger partial charge in [-0.2, -0.15) is 0 Å². The molecule has 2 aromatic heterocycles. The molecule has 0 spiro atoms. The number of imidazole rings is 1. The second-order valence-corrected chi connectivity index (χ2v) is 7.63. The maximum atomic E-state index is 12.6. The van der Waals surface area contributed by atoms with Gasteiger partial charge in [0.25, 0.3) is 0 Å². The summed E-state index contributed by atoms with van der Waals surface area (Å²) in [6, 6.07) is 11.1. The number of nitrogens with zero attached hydrogens (tertiary/aromatic N) is 3. The van der Waals surface area contributed by atoms with Crippen LogP contribution in [0.3, 0.4) is 0 Å². The molecular formula is C22H24N4O3S. The Balaban J connectivity index is 1.69. The number of carbonyl (C=O) groups is 2. The van der Waals surface area contributed by atoms with E-state index in [0.717, 1.165) is 28.7 Å². The van der Waals surface area contributed by atoms with Crippen molar-refractivity contribution < 1.29 is 14.3 Å². The van der Waals surface area contributed by atoms with Gasteiger partial charge in [0, 0.05) is 19.2 Å². The van der Waals surface area contributed by atoms with Crippen molar-refractivity contribution in [2.45, 2.75) is 31.8 Å². The molecule has 0 saturated heterocycles. The predicted octanol–water partition coefficient (Wildman–Crippen LogP) is 3.84. The SMILES string of the molecule is CCn1c(SCC(=O)Nc2cc(CC(C)=O)ccc2OC)cnc1-c1ccccn1. The molecule has 30 heavy (non-hydrogen) atoms. The van der Waals surface area contributed by atoms with Gasteiger partial charge in [0.1, 0.15) is 17.2 Å². The summed E-state index contributed by atoms with van der Waals surface area (Å²) in [4.78, 5) is 32.8. The molecule has 156 valence electrons. The maximum absolute atomic E-state index is 12.6. The molecule has 1 amide bonds.